The van der Waals surface area contributed by atoms with E-state index in [4.69, 9.17) is 11.6 Å². The molecule has 0 radical (unpaired) electrons. The number of halogens is 1. The van der Waals surface area contributed by atoms with Gasteiger partial charge in [0.15, 0.2) is 0 Å². The molecule has 1 aromatic heterocycles. The molecule has 1 N–H and O–H groups in total. The summed E-state index contributed by atoms with van der Waals surface area (Å²) >= 11 is 7.45. The third-order valence-corrected chi connectivity index (χ3v) is 5.07. The van der Waals surface area contributed by atoms with E-state index in [0.29, 0.717) is 21.5 Å². The van der Waals surface area contributed by atoms with Crippen molar-refractivity contribution in [3.63, 3.8) is 0 Å². The molecule has 0 bridgehead atoms. The van der Waals surface area contributed by atoms with Crippen LogP contribution < -0.4 is 5.32 Å². The Morgan fingerprint density at radius 1 is 1.26 bits per heavy atom. The SMILES string of the molecule is CC(C)Cc1ccc(-c2csc(/C(C#N)=C\Nc3cccc(Cl)c3)n2)cc1. The number of allylic oxidation sites excluding steroid dienone is 1. The van der Waals surface area contributed by atoms with Crippen LogP contribution in [-0.2, 0) is 6.42 Å². The predicted octanol–water partition coefficient (Wildman–Crippen LogP) is 6.64. The molecule has 136 valence electrons. The molecule has 0 aliphatic heterocycles. The van der Waals surface area contributed by atoms with Crippen LogP contribution in [0, 0.1) is 17.2 Å². The van der Waals surface area contributed by atoms with Gasteiger partial charge in [0.05, 0.1) is 5.69 Å². The fraction of sp³-hybridized carbons (Fsp3) is 0.182. The van der Waals surface area contributed by atoms with E-state index in [1.807, 2.05) is 17.5 Å². The Labute approximate surface area is 169 Å². The third kappa shape index (κ3) is 5.19. The van der Waals surface area contributed by atoms with E-state index in [0.717, 1.165) is 23.4 Å². The lowest BCUT2D eigenvalue weighted by Crippen LogP contribution is -1.93. The fourth-order valence-electron chi connectivity index (χ4n) is 2.69. The lowest BCUT2D eigenvalue weighted by molar-refractivity contribution is 0.647. The number of nitrogens with zero attached hydrogens (tertiary/aromatic N) is 2. The number of rotatable bonds is 6. The summed E-state index contributed by atoms with van der Waals surface area (Å²) < 4.78 is 0. The van der Waals surface area contributed by atoms with Crippen LogP contribution in [0.25, 0.3) is 16.8 Å². The number of aromatic nitrogens is 1. The summed E-state index contributed by atoms with van der Waals surface area (Å²) in [5.41, 5.74) is 4.59. The zero-order valence-corrected chi connectivity index (χ0v) is 16.8. The van der Waals surface area contributed by atoms with E-state index < -0.39 is 0 Å². The monoisotopic (exact) mass is 393 g/mol. The number of hydrogen-bond donors (Lipinski definition) is 1. The number of nitriles is 1. The molecule has 3 nitrogen and oxygen atoms in total. The molecule has 1 heterocycles. The molecule has 27 heavy (non-hydrogen) atoms. The highest BCUT2D eigenvalue weighted by atomic mass is 35.5. The Morgan fingerprint density at radius 3 is 2.70 bits per heavy atom. The Bertz CT molecular complexity index is 981. The van der Waals surface area contributed by atoms with E-state index in [1.165, 1.54) is 16.9 Å². The molecular weight excluding hydrogens is 374 g/mol. The van der Waals surface area contributed by atoms with Crippen molar-refractivity contribution in [1.82, 2.24) is 4.98 Å². The van der Waals surface area contributed by atoms with Crippen LogP contribution in [0.15, 0.2) is 60.1 Å². The minimum Gasteiger partial charge on any atom is -0.360 e. The van der Waals surface area contributed by atoms with Crippen molar-refractivity contribution in [2.45, 2.75) is 20.3 Å². The number of benzene rings is 2. The van der Waals surface area contributed by atoms with Crippen LogP contribution >= 0.6 is 22.9 Å². The predicted molar refractivity (Wildman–Crippen MR) is 115 cm³/mol. The molecule has 0 saturated carbocycles. The molecule has 0 aliphatic carbocycles. The number of thiazole rings is 1. The van der Waals surface area contributed by atoms with Gasteiger partial charge >= 0.3 is 0 Å². The second kappa shape index (κ2) is 8.85. The van der Waals surface area contributed by atoms with E-state index in [9.17, 15) is 5.26 Å². The summed E-state index contributed by atoms with van der Waals surface area (Å²) in [5, 5.41) is 15.9. The van der Waals surface area contributed by atoms with E-state index in [1.54, 1.807) is 18.3 Å². The second-order valence-electron chi connectivity index (χ2n) is 6.66. The molecule has 3 rings (SSSR count). The van der Waals surface area contributed by atoms with Crippen molar-refractivity contribution in [1.29, 1.82) is 5.26 Å². The smallest absolute Gasteiger partial charge is 0.136 e. The maximum atomic E-state index is 9.49. The topological polar surface area (TPSA) is 48.7 Å². The van der Waals surface area contributed by atoms with Crippen molar-refractivity contribution in [3.05, 3.63) is 75.7 Å². The zero-order chi connectivity index (χ0) is 19.2. The van der Waals surface area contributed by atoms with Crippen LogP contribution in [-0.4, -0.2) is 4.98 Å². The Morgan fingerprint density at radius 2 is 2.04 bits per heavy atom. The standard InChI is InChI=1S/C22H20ClN3S/c1-15(2)10-16-6-8-17(9-7-16)21-14-27-22(26-21)18(12-24)13-25-20-5-3-4-19(23)11-20/h3-9,11,13-15,25H,10H2,1-2H3/b18-13-. The first-order valence-electron chi connectivity index (χ1n) is 8.72. The Kier molecular flexibility index (Phi) is 6.28. The first-order valence-corrected chi connectivity index (χ1v) is 9.98. The highest BCUT2D eigenvalue weighted by molar-refractivity contribution is 7.11. The largest absolute Gasteiger partial charge is 0.360 e. The van der Waals surface area contributed by atoms with Crippen molar-refractivity contribution in [2.24, 2.45) is 5.92 Å². The summed E-state index contributed by atoms with van der Waals surface area (Å²) in [6.07, 6.45) is 2.74. The third-order valence-electron chi connectivity index (χ3n) is 3.96. The molecule has 0 unspecified atom stereocenters. The van der Waals surface area contributed by atoms with E-state index in [2.05, 4.69) is 54.5 Å². The average Bonchev–Trinajstić information content (AvgIpc) is 3.12. The van der Waals surface area contributed by atoms with Gasteiger partial charge in [-0.25, -0.2) is 4.98 Å². The number of nitrogens with one attached hydrogen (secondary N) is 1. The lowest BCUT2D eigenvalue weighted by Gasteiger charge is -2.05. The molecule has 0 fully saturated rings. The van der Waals surface area contributed by atoms with Gasteiger partial charge < -0.3 is 5.32 Å². The second-order valence-corrected chi connectivity index (χ2v) is 7.95. The van der Waals surface area contributed by atoms with Crippen LogP contribution in [0.5, 0.6) is 0 Å². The highest BCUT2D eigenvalue weighted by Gasteiger charge is 2.09. The van der Waals surface area contributed by atoms with Crippen LogP contribution in [0.1, 0.15) is 24.4 Å². The molecule has 2 aromatic carbocycles. The van der Waals surface area contributed by atoms with Gasteiger partial charge in [-0.05, 0) is 36.1 Å². The van der Waals surface area contributed by atoms with Crippen LogP contribution in [0.3, 0.4) is 0 Å². The van der Waals surface area contributed by atoms with E-state index in [-0.39, 0.29) is 0 Å². The maximum absolute atomic E-state index is 9.49. The lowest BCUT2D eigenvalue weighted by atomic mass is 10.0. The van der Waals surface area contributed by atoms with Crippen molar-refractivity contribution < 1.29 is 0 Å². The summed E-state index contributed by atoms with van der Waals surface area (Å²) in [5.74, 6) is 0.636. The first kappa shape index (κ1) is 19.2. The van der Waals surface area contributed by atoms with Crippen molar-refractivity contribution in [3.8, 4) is 17.3 Å². The van der Waals surface area contributed by atoms with Gasteiger partial charge in [-0.1, -0.05) is 55.8 Å². The van der Waals surface area contributed by atoms with Gasteiger partial charge in [0.1, 0.15) is 16.6 Å². The van der Waals surface area contributed by atoms with E-state index >= 15 is 0 Å². The summed E-state index contributed by atoms with van der Waals surface area (Å²) in [6, 6.07) is 18.1. The van der Waals surface area contributed by atoms with Gasteiger partial charge in [-0.15, -0.1) is 11.3 Å². The normalized spacial score (nSPS) is 11.4. The van der Waals surface area contributed by atoms with Gasteiger partial charge in [-0.3, -0.25) is 0 Å². The fourth-order valence-corrected chi connectivity index (χ4v) is 3.67. The summed E-state index contributed by atoms with van der Waals surface area (Å²) in [7, 11) is 0. The van der Waals surface area contributed by atoms with Gasteiger partial charge in [0.2, 0.25) is 0 Å². The number of hydrogen-bond acceptors (Lipinski definition) is 4. The van der Waals surface area contributed by atoms with Crippen molar-refractivity contribution >= 4 is 34.2 Å². The zero-order valence-electron chi connectivity index (χ0n) is 15.2. The summed E-state index contributed by atoms with van der Waals surface area (Å²) in [6.45, 7) is 4.43. The maximum Gasteiger partial charge on any atom is 0.136 e. The average molecular weight is 394 g/mol. The molecule has 5 heteroatoms. The van der Waals surface area contributed by atoms with Crippen LogP contribution in [0.2, 0.25) is 5.02 Å². The van der Waals surface area contributed by atoms with Crippen LogP contribution in [0.4, 0.5) is 5.69 Å². The minimum absolute atomic E-state index is 0.489. The van der Waals surface area contributed by atoms with Gasteiger partial charge in [0.25, 0.3) is 0 Å². The molecule has 0 aliphatic rings. The molecule has 0 amide bonds. The molecule has 0 spiro atoms. The highest BCUT2D eigenvalue weighted by Crippen LogP contribution is 2.27. The minimum atomic E-state index is 0.489. The molecular formula is C22H20ClN3S. The quantitative estimate of drug-likeness (QED) is 0.477. The number of anilines is 1. The molecule has 3 aromatic rings. The van der Waals surface area contributed by atoms with Gasteiger partial charge in [-0.2, -0.15) is 5.26 Å². The molecule has 0 saturated heterocycles. The van der Waals surface area contributed by atoms with Gasteiger partial charge in [0, 0.05) is 27.9 Å². The molecule has 0 atom stereocenters. The first-order chi connectivity index (χ1) is 13.0. The van der Waals surface area contributed by atoms with Crippen molar-refractivity contribution in [2.75, 3.05) is 5.32 Å². The summed E-state index contributed by atoms with van der Waals surface area (Å²) in [4.78, 5) is 4.63. The Balaban J connectivity index is 1.77. The Hall–Kier alpha value is -2.61.